The van der Waals surface area contributed by atoms with Crippen LogP contribution in [0.5, 0.6) is 0 Å². The van der Waals surface area contributed by atoms with Crippen molar-refractivity contribution >= 4 is 0 Å². The summed E-state index contributed by atoms with van der Waals surface area (Å²) < 4.78 is 5.23. The smallest absolute Gasteiger partial charge is 0.132 e. The Balaban J connectivity index is 1.90. The molecule has 1 aliphatic heterocycles. The highest BCUT2D eigenvalue weighted by molar-refractivity contribution is 5.04. The van der Waals surface area contributed by atoms with Crippen LogP contribution < -0.4 is 0 Å². The van der Waals surface area contributed by atoms with E-state index in [-0.39, 0.29) is 0 Å². The molecule has 0 radical (unpaired) electrons. The number of nitrogens with zero attached hydrogens (tertiary/aromatic N) is 1. The van der Waals surface area contributed by atoms with Gasteiger partial charge in [0.1, 0.15) is 11.9 Å². The van der Waals surface area contributed by atoms with Crippen LogP contribution in [-0.2, 0) is 0 Å². The van der Waals surface area contributed by atoms with Crippen molar-refractivity contribution in [2.45, 2.75) is 38.3 Å². The maximum atomic E-state index is 10.1. The van der Waals surface area contributed by atoms with Crippen LogP contribution in [0.1, 0.15) is 38.1 Å². The molecular weight excluding hydrogens is 214 g/mol. The van der Waals surface area contributed by atoms with Crippen LogP contribution in [0.2, 0.25) is 0 Å². The normalized spacial score (nSPS) is 22.1. The molecule has 1 fully saturated rings. The molecule has 0 bridgehead atoms. The van der Waals surface area contributed by atoms with E-state index in [0.717, 1.165) is 25.9 Å². The second-order valence-corrected chi connectivity index (χ2v) is 4.46. The summed E-state index contributed by atoms with van der Waals surface area (Å²) >= 11 is 0. The number of aliphatic hydroxyl groups excluding tert-OH is 1. The number of aliphatic hydroxyl groups is 1. The van der Waals surface area contributed by atoms with Crippen molar-refractivity contribution < 1.29 is 9.52 Å². The molecule has 17 heavy (non-hydrogen) atoms. The van der Waals surface area contributed by atoms with Crippen molar-refractivity contribution in [1.29, 1.82) is 0 Å². The highest BCUT2D eigenvalue weighted by Gasteiger charge is 2.27. The first-order chi connectivity index (χ1) is 8.31. The topological polar surface area (TPSA) is 36.6 Å². The molecule has 0 spiro atoms. The van der Waals surface area contributed by atoms with Gasteiger partial charge in [0.25, 0.3) is 0 Å². The summed E-state index contributed by atoms with van der Waals surface area (Å²) in [6.07, 6.45) is 4.18. The zero-order valence-corrected chi connectivity index (χ0v) is 10.2. The van der Waals surface area contributed by atoms with Crippen LogP contribution in [0, 0.1) is 11.8 Å². The molecular formula is C14H19NO2. The molecule has 2 atom stereocenters. The van der Waals surface area contributed by atoms with Crippen LogP contribution in [0.4, 0.5) is 0 Å². The summed E-state index contributed by atoms with van der Waals surface area (Å²) in [6.45, 7) is 3.76. The zero-order valence-electron chi connectivity index (χ0n) is 10.2. The fraction of sp³-hybridized carbons (Fsp3) is 0.571. The van der Waals surface area contributed by atoms with Crippen molar-refractivity contribution in [1.82, 2.24) is 4.90 Å². The monoisotopic (exact) mass is 233 g/mol. The molecule has 1 N–H and O–H groups in total. The Hall–Kier alpha value is -1.24. The maximum absolute atomic E-state index is 10.1. The lowest BCUT2D eigenvalue weighted by Crippen LogP contribution is -2.31. The average molecular weight is 233 g/mol. The second-order valence-electron chi connectivity index (χ2n) is 4.46. The first-order valence-electron chi connectivity index (χ1n) is 6.16. The summed E-state index contributed by atoms with van der Waals surface area (Å²) in [4.78, 5) is 2.35. The van der Waals surface area contributed by atoms with Gasteiger partial charge in [-0.1, -0.05) is 5.92 Å². The molecule has 3 heteroatoms. The van der Waals surface area contributed by atoms with Crippen molar-refractivity contribution in [2.75, 3.05) is 13.1 Å². The molecule has 1 aromatic heterocycles. The standard InChI is InChI=1S/C14H19NO2/c1-2-3-8-15-9-4-6-12(15)11-13(16)14-7-5-10-17-14/h5,7,10,12-13,16H,4,6,8-9,11H2,1H3. The molecule has 0 amide bonds. The van der Waals surface area contributed by atoms with E-state index >= 15 is 0 Å². The Labute approximate surface area is 102 Å². The van der Waals surface area contributed by atoms with E-state index in [0.29, 0.717) is 11.8 Å². The minimum Gasteiger partial charge on any atom is -0.467 e. The highest BCUT2D eigenvalue weighted by Crippen LogP contribution is 2.27. The molecule has 2 rings (SSSR count). The Kier molecular flexibility index (Phi) is 4.24. The fourth-order valence-corrected chi connectivity index (χ4v) is 2.41. The number of furan rings is 1. The summed E-state index contributed by atoms with van der Waals surface area (Å²) in [5, 5.41) is 10.1. The van der Waals surface area contributed by atoms with Gasteiger partial charge < -0.3 is 9.52 Å². The largest absolute Gasteiger partial charge is 0.467 e. The Morgan fingerprint density at radius 3 is 3.24 bits per heavy atom. The van der Waals surface area contributed by atoms with Crippen molar-refractivity contribution in [3.63, 3.8) is 0 Å². The molecule has 2 unspecified atom stereocenters. The Bertz CT molecular complexity index is 388. The molecule has 0 aliphatic carbocycles. The van der Waals surface area contributed by atoms with E-state index in [2.05, 4.69) is 16.7 Å². The first kappa shape index (κ1) is 12.2. The van der Waals surface area contributed by atoms with Gasteiger partial charge in [0, 0.05) is 6.04 Å². The molecule has 1 saturated heterocycles. The van der Waals surface area contributed by atoms with Crippen LogP contribution in [0.25, 0.3) is 0 Å². The van der Waals surface area contributed by atoms with Gasteiger partial charge in [0.15, 0.2) is 0 Å². The van der Waals surface area contributed by atoms with Crippen LogP contribution in [0.15, 0.2) is 22.8 Å². The lowest BCUT2D eigenvalue weighted by molar-refractivity contribution is 0.106. The number of rotatable bonds is 4. The van der Waals surface area contributed by atoms with E-state index < -0.39 is 6.10 Å². The minimum absolute atomic E-state index is 0.427. The molecule has 0 aromatic carbocycles. The fourth-order valence-electron chi connectivity index (χ4n) is 2.41. The van der Waals surface area contributed by atoms with Gasteiger partial charge in [-0.15, -0.1) is 5.92 Å². The number of likely N-dealkylation sites (tertiary alicyclic amines) is 1. The predicted octanol–water partition coefficient (Wildman–Crippen LogP) is 2.19. The summed E-state index contributed by atoms with van der Waals surface area (Å²) in [6, 6.07) is 4.07. The first-order valence-corrected chi connectivity index (χ1v) is 6.16. The van der Waals surface area contributed by atoms with Gasteiger partial charge in [-0.05, 0) is 44.9 Å². The van der Waals surface area contributed by atoms with E-state index in [1.54, 1.807) is 6.26 Å². The van der Waals surface area contributed by atoms with Crippen molar-refractivity contribution in [3.8, 4) is 11.8 Å². The lowest BCUT2D eigenvalue weighted by Gasteiger charge is -2.23. The van der Waals surface area contributed by atoms with Gasteiger partial charge in [-0.2, -0.15) is 0 Å². The van der Waals surface area contributed by atoms with Gasteiger partial charge in [0.2, 0.25) is 0 Å². The van der Waals surface area contributed by atoms with Gasteiger partial charge in [-0.3, -0.25) is 4.90 Å². The van der Waals surface area contributed by atoms with Crippen LogP contribution >= 0.6 is 0 Å². The molecule has 92 valence electrons. The van der Waals surface area contributed by atoms with Gasteiger partial charge in [-0.25, -0.2) is 0 Å². The Morgan fingerprint density at radius 2 is 2.53 bits per heavy atom. The van der Waals surface area contributed by atoms with E-state index in [4.69, 9.17) is 4.42 Å². The molecule has 0 saturated carbocycles. The van der Waals surface area contributed by atoms with Crippen molar-refractivity contribution in [3.05, 3.63) is 24.2 Å². The quantitative estimate of drug-likeness (QED) is 0.810. The predicted molar refractivity (Wildman–Crippen MR) is 66.3 cm³/mol. The number of hydrogen-bond acceptors (Lipinski definition) is 3. The summed E-state index contributed by atoms with van der Waals surface area (Å²) in [5.41, 5.74) is 0. The van der Waals surface area contributed by atoms with E-state index in [1.165, 1.54) is 6.42 Å². The van der Waals surface area contributed by atoms with Crippen LogP contribution in [-0.4, -0.2) is 29.1 Å². The summed E-state index contributed by atoms with van der Waals surface area (Å²) in [7, 11) is 0. The van der Waals surface area contributed by atoms with Gasteiger partial charge >= 0.3 is 0 Å². The average Bonchev–Trinajstić information content (AvgIpc) is 2.97. The number of hydrogen-bond donors (Lipinski definition) is 1. The maximum Gasteiger partial charge on any atom is 0.132 e. The SMILES string of the molecule is CC#CCN1CCCC1CC(O)c1ccco1. The lowest BCUT2D eigenvalue weighted by atomic mass is 10.1. The van der Waals surface area contributed by atoms with Crippen LogP contribution in [0.3, 0.4) is 0 Å². The molecule has 3 nitrogen and oxygen atoms in total. The molecule has 1 aliphatic rings. The third-order valence-corrected chi connectivity index (χ3v) is 3.32. The molecule has 1 aromatic rings. The van der Waals surface area contributed by atoms with Crippen molar-refractivity contribution in [2.24, 2.45) is 0 Å². The second kappa shape index (κ2) is 5.90. The summed E-state index contributed by atoms with van der Waals surface area (Å²) in [5.74, 6) is 6.69. The Morgan fingerprint density at radius 1 is 1.65 bits per heavy atom. The molecule has 2 heterocycles. The van der Waals surface area contributed by atoms with E-state index in [9.17, 15) is 5.11 Å². The third kappa shape index (κ3) is 3.12. The van der Waals surface area contributed by atoms with Gasteiger partial charge in [0.05, 0.1) is 12.8 Å². The highest BCUT2D eigenvalue weighted by atomic mass is 16.4. The minimum atomic E-state index is -0.495. The zero-order chi connectivity index (χ0) is 12.1. The third-order valence-electron chi connectivity index (χ3n) is 3.32. The van der Waals surface area contributed by atoms with E-state index in [1.807, 2.05) is 19.1 Å².